The Morgan fingerprint density at radius 1 is 1.41 bits per heavy atom. The molecule has 0 saturated carbocycles. The third-order valence-corrected chi connectivity index (χ3v) is 3.23. The molecule has 0 unspecified atom stereocenters. The maximum Gasteiger partial charge on any atom is 0.123 e. The minimum Gasteiger partial charge on any atom is -0.377 e. The molecular weight excluding hydrogens is 217 g/mol. The van der Waals surface area contributed by atoms with Crippen LogP contribution in [-0.2, 0) is 11.3 Å². The second-order valence-corrected chi connectivity index (χ2v) is 4.68. The number of ether oxygens (including phenoxy) is 1. The molecular formula is C14H20FNO. The molecule has 3 heteroatoms. The summed E-state index contributed by atoms with van der Waals surface area (Å²) in [5.74, 6) is 0.554. The fourth-order valence-corrected chi connectivity index (χ4v) is 2.24. The summed E-state index contributed by atoms with van der Waals surface area (Å²) in [6.45, 7) is 3.55. The zero-order valence-electron chi connectivity index (χ0n) is 10.1. The molecule has 94 valence electrons. The van der Waals surface area contributed by atoms with E-state index in [1.54, 1.807) is 6.07 Å². The predicted molar refractivity (Wildman–Crippen MR) is 66.3 cm³/mol. The van der Waals surface area contributed by atoms with Crippen LogP contribution in [0.2, 0.25) is 0 Å². The van der Waals surface area contributed by atoms with Crippen molar-refractivity contribution in [3.63, 3.8) is 0 Å². The average Bonchev–Trinajstić information content (AvgIpc) is 2.36. The van der Waals surface area contributed by atoms with Crippen LogP contribution in [0.3, 0.4) is 0 Å². The lowest BCUT2D eigenvalue weighted by Gasteiger charge is -2.22. The number of benzene rings is 1. The van der Waals surface area contributed by atoms with Crippen molar-refractivity contribution in [3.05, 3.63) is 35.6 Å². The quantitative estimate of drug-likeness (QED) is 0.795. The van der Waals surface area contributed by atoms with E-state index in [-0.39, 0.29) is 5.82 Å². The minimum absolute atomic E-state index is 0.192. The summed E-state index contributed by atoms with van der Waals surface area (Å²) >= 11 is 0. The highest BCUT2D eigenvalue weighted by molar-refractivity contribution is 5.15. The lowest BCUT2D eigenvalue weighted by atomic mass is 9.97. The van der Waals surface area contributed by atoms with E-state index >= 15 is 0 Å². The molecule has 0 aliphatic carbocycles. The minimum atomic E-state index is -0.192. The van der Waals surface area contributed by atoms with Crippen molar-refractivity contribution in [1.29, 1.82) is 0 Å². The van der Waals surface area contributed by atoms with Crippen LogP contribution in [0.5, 0.6) is 0 Å². The van der Waals surface area contributed by atoms with E-state index in [0.717, 1.165) is 37.6 Å². The summed E-state index contributed by atoms with van der Waals surface area (Å²) < 4.78 is 18.5. The van der Waals surface area contributed by atoms with E-state index < -0.39 is 0 Å². The van der Waals surface area contributed by atoms with Crippen molar-refractivity contribution < 1.29 is 9.13 Å². The van der Waals surface area contributed by atoms with Gasteiger partial charge in [0.15, 0.2) is 0 Å². The standard InChI is InChI=1S/C14H20FNO/c15-14-5-1-3-13(9-14)11-17-8-6-12-4-2-7-16-10-12/h1,3,5,9,12,16H,2,4,6-8,10-11H2/t12-/m0/s1. The first-order chi connectivity index (χ1) is 8.34. The van der Waals surface area contributed by atoms with E-state index in [4.69, 9.17) is 4.74 Å². The number of rotatable bonds is 5. The number of hydrogen-bond acceptors (Lipinski definition) is 2. The summed E-state index contributed by atoms with van der Waals surface area (Å²) in [5, 5.41) is 3.40. The molecule has 0 amide bonds. The molecule has 0 spiro atoms. The molecule has 2 rings (SSSR count). The Balaban J connectivity index is 1.62. The van der Waals surface area contributed by atoms with Crippen LogP contribution >= 0.6 is 0 Å². The zero-order chi connectivity index (χ0) is 11.9. The lowest BCUT2D eigenvalue weighted by Crippen LogP contribution is -2.30. The van der Waals surface area contributed by atoms with Crippen molar-refractivity contribution >= 4 is 0 Å². The van der Waals surface area contributed by atoms with Crippen molar-refractivity contribution in [2.75, 3.05) is 19.7 Å². The molecule has 1 atom stereocenters. The number of nitrogens with one attached hydrogen (secondary N) is 1. The molecule has 0 aromatic heterocycles. The van der Waals surface area contributed by atoms with E-state index in [2.05, 4.69) is 5.32 Å². The Labute approximate surface area is 102 Å². The molecule has 1 fully saturated rings. The van der Waals surface area contributed by atoms with Crippen molar-refractivity contribution in [2.45, 2.75) is 25.9 Å². The van der Waals surface area contributed by atoms with Gasteiger partial charge < -0.3 is 10.1 Å². The van der Waals surface area contributed by atoms with Crippen LogP contribution in [0, 0.1) is 11.7 Å². The first-order valence-corrected chi connectivity index (χ1v) is 6.37. The van der Waals surface area contributed by atoms with Gasteiger partial charge in [0.25, 0.3) is 0 Å². The Morgan fingerprint density at radius 3 is 3.12 bits per heavy atom. The summed E-state index contributed by atoms with van der Waals surface area (Å²) in [4.78, 5) is 0. The van der Waals surface area contributed by atoms with Gasteiger partial charge in [-0.25, -0.2) is 4.39 Å². The average molecular weight is 237 g/mol. The van der Waals surface area contributed by atoms with Crippen molar-refractivity contribution in [3.8, 4) is 0 Å². The van der Waals surface area contributed by atoms with Crippen molar-refractivity contribution in [2.24, 2.45) is 5.92 Å². The maximum atomic E-state index is 12.9. The molecule has 1 aromatic rings. The van der Waals surface area contributed by atoms with Crippen LogP contribution in [0.4, 0.5) is 4.39 Å². The third kappa shape index (κ3) is 4.44. The first kappa shape index (κ1) is 12.5. The maximum absolute atomic E-state index is 12.9. The highest BCUT2D eigenvalue weighted by Crippen LogP contribution is 2.14. The van der Waals surface area contributed by atoms with E-state index in [1.807, 2.05) is 6.07 Å². The summed E-state index contributed by atoms with van der Waals surface area (Å²) in [6.07, 6.45) is 3.67. The van der Waals surface area contributed by atoms with Gasteiger partial charge in [0.2, 0.25) is 0 Å². The summed E-state index contributed by atoms with van der Waals surface area (Å²) in [5.41, 5.74) is 0.909. The molecule has 1 saturated heterocycles. The van der Waals surface area contributed by atoms with Gasteiger partial charge in [-0.05, 0) is 56.0 Å². The number of piperidine rings is 1. The van der Waals surface area contributed by atoms with Gasteiger partial charge >= 0.3 is 0 Å². The van der Waals surface area contributed by atoms with E-state index in [0.29, 0.717) is 6.61 Å². The van der Waals surface area contributed by atoms with Crippen LogP contribution in [0.25, 0.3) is 0 Å². The van der Waals surface area contributed by atoms with Crippen LogP contribution < -0.4 is 5.32 Å². The van der Waals surface area contributed by atoms with Gasteiger partial charge in [0.1, 0.15) is 5.82 Å². The molecule has 2 nitrogen and oxygen atoms in total. The SMILES string of the molecule is Fc1cccc(COCC[C@@H]2CCCNC2)c1. The smallest absolute Gasteiger partial charge is 0.123 e. The normalized spacial score (nSPS) is 20.4. The van der Waals surface area contributed by atoms with Crippen LogP contribution in [-0.4, -0.2) is 19.7 Å². The predicted octanol–water partition coefficient (Wildman–Crippen LogP) is 2.73. The summed E-state index contributed by atoms with van der Waals surface area (Å²) in [7, 11) is 0. The van der Waals surface area contributed by atoms with Crippen molar-refractivity contribution in [1.82, 2.24) is 5.32 Å². The fraction of sp³-hybridized carbons (Fsp3) is 0.571. The van der Waals surface area contributed by atoms with Gasteiger partial charge in [-0.15, -0.1) is 0 Å². The second kappa shape index (κ2) is 6.72. The highest BCUT2D eigenvalue weighted by atomic mass is 19.1. The molecule has 1 aliphatic heterocycles. The molecule has 1 aliphatic rings. The number of halogens is 1. The van der Waals surface area contributed by atoms with Gasteiger partial charge in [-0.1, -0.05) is 12.1 Å². The zero-order valence-corrected chi connectivity index (χ0v) is 10.1. The largest absolute Gasteiger partial charge is 0.377 e. The van der Waals surface area contributed by atoms with Gasteiger partial charge in [-0.3, -0.25) is 0 Å². The lowest BCUT2D eigenvalue weighted by molar-refractivity contribution is 0.103. The topological polar surface area (TPSA) is 21.3 Å². The van der Waals surface area contributed by atoms with E-state index in [9.17, 15) is 4.39 Å². The van der Waals surface area contributed by atoms with Gasteiger partial charge in [-0.2, -0.15) is 0 Å². The van der Waals surface area contributed by atoms with Gasteiger partial charge in [0, 0.05) is 6.61 Å². The molecule has 1 heterocycles. The Bertz CT molecular complexity index is 337. The molecule has 0 bridgehead atoms. The second-order valence-electron chi connectivity index (χ2n) is 4.68. The summed E-state index contributed by atoms with van der Waals surface area (Å²) in [6, 6.07) is 6.60. The molecule has 17 heavy (non-hydrogen) atoms. The monoisotopic (exact) mass is 237 g/mol. The van der Waals surface area contributed by atoms with Crippen LogP contribution in [0.1, 0.15) is 24.8 Å². The van der Waals surface area contributed by atoms with E-state index in [1.165, 1.54) is 25.0 Å². The fourth-order valence-electron chi connectivity index (χ4n) is 2.24. The first-order valence-electron chi connectivity index (χ1n) is 6.37. The Kier molecular flexibility index (Phi) is 4.95. The molecule has 1 aromatic carbocycles. The van der Waals surface area contributed by atoms with Gasteiger partial charge in [0.05, 0.1) is 6.61 Å². The molecule has 0 radical (unpaired) electrons. The molecule has 1 N–H and O–H groups in total. The highest BCUT2D eigenvalue weighted by Gasteiger charge is 2.12. The van der Waals surface area contributed by atoms with Crippen LogP contribution in [0.15, 0.2) is 24.3 Å². The number of hydrogen-bond donors (Lipinski definition) is 1. The third-order valence-electron chi connectivity index (χ3n) is 3.23. The Morgan fingerprint density at radius 2 is 2.35 bits per heavy atom. The Hall–Kier alpha value is -0.930.